The lowest BCUT2D eigenvalue weighted by atomic mass is 10.2. The predicted octanol–water partition coefficient (Wildman–Crippen LogP) is 1.68. The van der Waals surface area contributed by atoms with Crippen molar-refractivity contribution >= 4 is 5.65 Å². The first-order valence-corrected chi connectivity index (χ1v) is 5.46. The summed E-state index contributed by atoms with van der Waals surface area (Å²) in [5.74, 6) is 0.272. The summed E-state index contributed by atoms with van der Waals surface area (Å²) in [6, 6.07) is 9.57. The number of phenols is 2. The number of aromatic hydroxyl groups is 2. The first-order valence-electron chi connectivity index (χ1n) is 5.46. The second-order valence-electron chi connectivity index (χ2n) is 3.98. The van der Waals surface area contributed by atoms with Crippen LogP contribution in [-0.2, 0) is 0 Å². The van der Waals surface area contributed by atoms with Gasteiger partial charge in [0.15, 0.2) is 11.5 Å². The van der Waals surface area contributed by atoms with Gasteiger partial charge in [-0.3, -0.25) is 4.40 Å². The van der Waals surface area contributed by atoms with E-state index in [1.165, 1.54) is 12.1 Å². The Bertz CT molecular complexity index is 817. The summed E-state index contributed by atoms with van der Waals surface area (Å²) >= 11 is 0. The number of aromatic nitrogens is 3. The largest absolute Gasteiger partial charge is 0.508 e. The van der Waals surface area contributed by atoms with Gasteiger partial charge in [0.25, 0.3) is 0 Å². The highest BCUT2D eigenvalue weighted by molar-refractivity contribution is 5.67. The summed E-state index contributed by atoms with van der Waals surface area (Å²) in [5.41, 5.74) is 1.47. The second-order valence-corrected chi connectivity index (χ2v) is 3.98. The second kappa shape index (κ2) is 3.99. The molecule has 0 amide bonds. The van der Waals surface area contributed by atoms with Crippen LogP contribution in [0.2, 0.25) is 0 Å². The van der Waals surface area contributed by atoms with Gasteiger partial charge in [-0.25, -0.2) is 0 Å². The molecule has 0 bridgehead atoms. The molecule has 0 aliphatic rings. The molecule has 6 nitrogen and oxygen atoms in total. The Kier molecular flexibility index (Phi) is 2.32. The van der Waals surface area contributed by atoms with E-state index < -0.39 is 0 Å². The molecule has 0 aliphatic carbocycles. The van der Waals surface area contributed by atoms with Crippen LogP contribution in [0.25, 0.3) is 17.0 Å². The molecule has 2 N–H and O–H groups in total. The number of fused-ring (bicyclic) bond motifs is 1. The van der Waals surface area contributed by atoms with E-state index in [2.05, 4.69) is 10.2 Å². The fourth-order valence-electron chi connectivity index (χ4n) is 1.85. The van der Waals surface area contributed by atoms with Crippen LogP contribution in [0, 0.1) is 11.3 Å². The molecule has 0 fully saturated rings. The highest BCUT2D eigenvalue weighted by Gasteiger charge is 2.12. The van der Waals surface area contributed by atoms with Crippen LogP contribution in [-0.4, -0.2) is 24.8 Å². The predicted molar refractivity (Wildman–Crippen MR) is 66.5 cm³/mol. The van der Waals surface area contributed by atoms with Crippen molar-refractivity contribution in [2.24, 2.45) is 0 Å². The van der Waals surface area contributed by atoms with Crippen molar-refractivity contribution in [3.8, 4) is 29.0 Å². The molecule has 2 heterocycles. The highest BCUT2D eigenvalue weighted by atomic mass is 16.3. The van der Waals surface area contributed by atoms with Gasteiger partial charge in [-0.2, -0.15) is 5.26 Å². The molecule has 2 aromatic heterocycles. The Morgan fingerprint density at radius 1 is 1.11 bits per heavy atom. The van der Waals surface area contributed by atoms with Crippen LogP contribution in [0.1, 0.15) is 5.56 Å². The van der Waals surface area contributed by atoms with Crippen molar-refractivity contribution in [3.05, 3.63) is 42.1 Å². The van der Waals surface area contributed by atoms with Crippen molar-refractivity contribution in [1.82, 2.24) is 14.6 Å². The third-order valence-electron chi connectivity index (χ3n) is 2.75. The molecule has 0 aliphatic heterocycles. The zero-order chi connectivity index (χ0) is 13.4. The van der Waals surface area contributed by atoms with E-state index in [0.29, 0.717) is 22.6 Å². The molecule has 0 saturated carbocycles. The maximum atomic E-state index is 9.84. The molecule has 0 atom stereocenters. The Balaban J connectivity index is 2.28. The minimum Gasteiger partial charge on any atom is -0.508 e. The molecule has 0 spiro atoms. The van der Waals surface area contributed by atoms with E-state index in [1.807, 2.05) is 6.07 Å². The van der Waals surface area contributed by atoms with E-state index in [9.17, 15) is 10.2 Å². The maximum absolute atomic E-state index is 9.84. The van der Waals surface area contributed by atoms with Gasteiger partial charge in [0.05, 0.1) is 11.1 Å². The first-order chi connectivity index (χ1) is 9.19. The lowest BCUT2D eigenvalue weighted by Gasteiger charge is -2.03. The minimum atomic E-state index is -0.100. The third-order valence-corrected chi connectivity index (χ3v) is 2.75. The van der Waals surface area contributed by atoms with Gasteiger partial charge in [0.2, 0.25) is 0 Å². The average molecular weight is 252 g/mol. The maximum Gasteiger partial charge on any atom is 0.172 e. The van der Waals surface area contributed by atoms with E-state index in [0.717, 1.165) is 0 Å². The number of phenolic OH excluding ortho intramolecular Hbond substituents is 2. The standard InChI is InChI=1S/C13H8N4O2/c14-6-8-1-4-12-15-16-13(17(12)7-8)10-3-2-9(18)5-11(10)19/h1-5,7,18-19H. The van der Waals surface area contributed by atoms with Gasteiger partial charge >= 0.3 is 0 Å². The van der Waals surface area contributed by atoms with E-state index in [-0.39, 0.29) is 11.5 Å². The Morgan fingerprint density at radius 2 is 1.95 bits per heavy atom. The minimum absolute atomic E-state index is 0.0345. The van der Waals surface area contributed by atoms with E-state index in [1.54, 1.807) is 28.8 Å². The fourth-order valence-corrected chi connectivity index (χ4v) is 1.85. The molecule has 92 valence electrons. The van der Waals surface area contributed by atoms with E-state index in [4.69, 9.17) is 5.26 Å². The quantitative estimate of drug-likeness (QED) is 0.687. The van der Waals surface area contributed by atoms with Gasteiger partial charge in [-0.1, -0.05) is 0 Å². The van der Waals surface area contributed by atoms with Crippen LogP contribution < -0.4 is 0 Å². The highest BCUT2D eigenvalue weighted by Crippen LogP contribution is 2.31. The number of nitriles is 1. The zero-order valence-corrected chi connectivity index (χ0v) is 9.65. The molecular weight excluding hydrogens is 244 g/mol. The Hall–Kier alpha value is -3.07. The zero-order valence-electron chi connectivity index (χ0n) is 9.65. The van der Waals surface area contributed by atoms with Gasteiger partial charge < -0.3 is 10.2 Å². The van der Waals surface area contributed by atoms with Crippen LogP contribution >= 0.6 is 0 Å². The Morgan fingerprint density at radius 3 is 2.68 bits per heavy atom. The number of benzene rings is 1. The van der Waals surface area contributed by atoms with Gasteiger partial charge in [0, 0.05) is 12.3 Å². The van der Waals surface area contributed by atoms with Crippen LogP contribution in [0.4, 0.5) is 0 Å². The first kappa shape index (κ1) is 11.0. The van der Waals surface area contributed by atoms with Crippen molar-refractivity contribution in [1.29, 1.82) is 5.26 Å². The molecule has 0 unspecified atom stereocenters. The number of nitrogens with zero attached hydrogens (tertiary/aromatic N) is 4. The van der Waals surface area contributed by atoms with Crippen LogP contribution in [0.15, 0.2) is 36.5 Å². The number of rotatable bonds is 1. The molecule has 1 aromatic carbocycles. The fraction of sp³-hybridized carbons (Fsp3) is 0. The lowest BCUT2D eigenvalue weighted by Crippen LogP contribution is -1.91. The molecular formula is C13H8N4O2. The molecule has 19 heavy (non-hydrogen) atoms. The normalized spacial score (nSPS) is 10.5. The van der Waals surface area contributed by atoms with E-state index >= 15 is 0 Å². The van der Waals surface area contributed by atoms with Gasteiger partial charge in [0.1, 0.15) is 17.6 Å². The number of hydrogen-bond acceptors (Lipinski definition) is 5. The van der Waals surface area contributed by atoms with Crippen LogP contribution in [0.3, 0.4) is 0 Å². The van der Waals surface area contributed by atoms with Crippen molar-refractivity contribution in [2.45, 2.75) is 0 Å². The van der Waals surface area contributed by atoms with Crippen molar-refractivity contribution < 1.29 is 10.2 Å². The number of hydrogen-bond donors (Lipinski definition) is 2. The van der Waals surface area contributed by atoms with Gasteiger partial charge in [-0.05, 0) is 24.3 Å². The molecule has 3 aromatic rings. The molecule has 0 saturated heterocycles. The summed E-state index contributed by atoms with van der Waals surface area (Å²) in [5, 5.41) is 36.0. The summed E-state index contributed by atoms with van der Waals surface area (Å²) in [7, 11) is 0. The van der Waals surface area contributed by atoms with Crippen molar-refractivity contribution in [2.75, 3.05) is 0 Å². The van der Waals surface area contributed by atoms with Gasteiger partial charge in [-0.15, -0.1) is 10.2 Å². The monoisotopic (exact) mass is 252 g/mol. The van der Waals surface area contributed by atoms with Crippen LogP contribution in [0.5, 0.6) is 11.5 Å². The van der Waals surface area contributed by atoms with Crippen molar-refractivity contribution in [3.63, 3.8) is 0 Å². The Labute approximate surface area is 107 Å². The molecule has 0 radical (unpaired) electrons. The topological polar surface area (TPSA) is 94.4 Å². The average Bonchev–Trinajstić information content (AvgIpc) is 2.81. The number of pyridine rings is 1. The summed E-state index contributed by atoms with van der Waals surface area (Å²) in [6.45, 7) is 0. The SMILES string of the molecule is N#Cc1ccc2nnc(-c3ccc(O)cc3O)n2c1. The smallest absolute Gasteiger partial charge is 0.172 e. The lowest BCUT2D eigenvalue weighted by molar-refractivity contribution is 0.451. The molecule has 6 heteroatoms. The summed E-state index contributed by atoms with van der Waals surface area (Å²) in [6.07, 6.45) is 1.59. The molecule has 3 rings (SSSR count). The summed E-state index contributed by atoms with van der Waals surface area (Å²) in [4.78, 5) is 0. The summed E-state index contributed by atoms with van der Waals surface area (Å²) < 4.78 is 1.62. The third kappa shape index (κ3) is 1.73.